The summed E-state index contributed by atoms with van der Waals surface area (Å²) in [4.78, 5) is 2.31. The molecular weight excluding hydrogens is 190 g/mol. The second kappa shape index (κ2) is 4.64. The van der Waals surface area contributed by atoms with Crippen LogP contribution in [0.5, 0.6) is 0 Å². The highest BCUT2D eigenvalue weighted by molar-refractivity contribution is 5.48. The Morgan fingerprint density at radius 2 is 2.13 bits per heavy atom. The van der Waals surface area contributed by atoms with Crippen molar-refractivity contribution >= 4 is 5.69 Å². The van der Waals surface area contributed by atoms with Gasteiger partial charge in [0.2, 0.25) is 0 Å². The molecule has 1 aliphatic rings. The lowest BCUT2D eigenvalue weighted by molar-refractivity contribution is 0.0532. The fourth-order valence-electron chi connectivity index (χ4n) is 1.87. The quantitative estimate of drug-likeness (QED) is 0.795. The Balaban J connectivity index is 2.07. The van der Waals surface area contributed by atoms with Crippen molar-refractivity contribution in [2.75, 3.05) is 24.6 Å². The van der Waals surface area contributed by atoms with Gasteiger partial charge >= 0.3 is 0 Å². The first-order valence-corrected chi connectivity index (χ1v) is 5.36. The second-order valence-electron chi connectivity index (χ2n) is 3.95. The number of anilines is 1. The molecule has 0 saturated carbocycles. The van der Waals surface area contributed by atoms with Gasteiger partial charge in [0.05, 0.1) is 19.3 Å². The van der Waals surface area contributed by atoms with Gasteiger partial charge in [0.1, 0.15) is 0 Å². The van der Waals surface area contributed by atoms with Crippen LogP contribution >= 0.6 is 0 Å². The van der Waals surface area contributed by atoms with Crippen LogP contribution in [0, 0.1) is 0 Å². The average molecular weight is 207 g/mol. The van der Waals surface area contributed by atoms with Crippen LogP contribution in [0.25, 0.3) is 0 Å². The number of morpholine rings is 1. The molecule has 1 fully saturated rings. The van der Waals surface area contributed by atoms with Gasteiger partial charge in [-0.1, -0.05) is 12.1 Å². The summed E-state index contributed by atoms with van der Waals surface area (Å²) in [5.74, 6) is 0. The van der Waals surface area contributed by atoms with E-state index in [1.165, 1.54) is 5.69 Å². The molecule has 0 spiro atoms. The fourth-order valence-corrected chi connectivity index (χ4v) is 1.87. The number of hydrogen-bond acceptors (Lipinski definition) is 3. The number of ether oxygens (including phenoxy) is 1. The van der Waals surface area contributed by atoms with E-state index in [0.717, 1.165) is 25.3 Å². The summed E-state index contributed by atoms with van der Waals surface area (Å²) in [5.41, 5.74) is 2.17. The van der Waals surface area contributed by atoms with E-state index in [0.29, 0.717) is 6.10 Å². The molecule has 3 nitrogen and oxygen atoms in total. The van der Waals surface area contributed by atoms with Crippen molar-refractivity contribution in [1.82, 2.24) is 0 Å². The number of aliphatic hydroxyl groups excluding tert-OH is 1. The molecule has 1 N–H and O–H groups in total. The lowest BCUT2D eigenvalue weighted by atomic mass is 10.2. The first kappa shape index (κ1) is 10.5. The van der Waals surface area contributed by atoms with Crippen molar-refractivity contribution in [1.29, 1.82) is 0 Å². The van der Waals surface area contributed by atoms with E-state index in [4.69, 9.17) is 9.84 Å². The largest absolute Gasteiger partial charge is 0.392 e. The Labute approximate surface area is 90.3 Å². The topological polar surface area (TPSA) is 32.7 Å². The maximum atomic E-state index is 8.95. The van der Waals surface area contributed by atoms with E-state index in [9.17, 15) is 0 Å². The highest BCUT2D eigenvalue weighted by atomic mass is 16.5. The Bertz CT molecular complexity index is 310. The van der Waals surface area contributed by atoms with Gasteiger partial charge < -0.3 is 14.7 Å². The maximum absolute atomic E-state index is 8.95. The molecule has 1 aromatic carbocycles. The molecule has 1 aromatic rings. The number of aliphatic hydroxyl groups is 1. The zero-order valence-corrected chi connectivity index (χ0v) is 9.02. The summed E-state index contributed by atoms with van der Waals surface area (Å²) in [5, 5.41) is 8.95. The van der Waals surface area contributed by atoms with E-state index in [2.05, 4.69) is 24.0 Å². The summed E-state index contributed by atoms with van der Waals surface area (Å²) in [6, 6.07) is 8.05. The smallest absolute Gasteiger partial charge is 0.0722 e. The van der Waals surface area contributed by atoms with Crippen LogP contribution in [0.15, 0.2) is 24.3 Å². The van der Waals surface area contributed by atoms with Crippen LogP contribution in [0.1, 0.15) is 12.5 Å². The molecule has 1 unspecified atom stereocenters. The predicted octanol–water partition coefficient (Wildman–Crippen LogP) is 1.40. The third kappa shape index (κ3) is 2.49. The van der Waals surface area contributed by atoms with E-state index in [1.54, 1.807) is 0 Å². The molecule has 0 radical (unpaired) electrons. The molecule has 0 aromatic heterocycles. The minimum absolute atomic E-state index is 0.111. The van der Waals surface area contributed by atoms with Gasteiger partial charge in [-0.15, -0.1) is 0 Å². The second-order valence-corrected chi connectivity index (χ2v) is 3.95. The van der Waals surface area contributed by atoms with Gasteiger partial charge in [-0.25, -0.2) is 0 Å². The van der Waals surface area contributed by atoms with E-state index >= 15 is 0 Å². The molecule has 0 aliphatic carbocycles. The van der Waals surface area contributed by atoms with Crippen LogP contribution < -0.4 is 4.90 Å². The van der Waals surface area contributed by atoms with E-state index < -0.39 is 0 Å². The number of nitrogens with zero attached hydrogens (tertiary/aromatic N) is 1. The number of benzene rings is 1. The molecule has 1 heterocycles. The van der Waals surface area contributed by atoms with Crippen molar-refractivity contribution < 1.29 is 9.84 Å². The lowest BCUT2D eigenvalue weighted by Crippen LogP contribution is -2.41. The van der Waals surface area contributed by atoms with Crippen molar-refractivity contribution in [2.24, 2.45) is 0 Å². The molecule has 1 saturated heterocycles. The van der Waals surface area contributed by atoms with Crippen LogP contribution in [-0.4, -0.2) is 30.9 Å². The summed E-state index contributed by atoms with van der Waals surface area (Å²) in [6.45, 7) is 4.89. The minimum Gasteiger partial charge on any atom is -0.392 e. The standard InChI is InChI=1S/C12H17NO2/c1-10-8-13(6-7-15-10)12-4-2-11(9-14)3-5-12/h2-5,10,14H,6-9H2,1H3. The Morgan fingerprint density at radius 3 is 2.73 bits per heavy atom. The molecule has 1 atom stereocenters. The minimum atomic E-state index is 0.111. The van der Waals surface area contributed by atoms with Crippen molar-refractivity contribution in [3.05, 3.63) is 29.8 Å². The van der Waals surface area contributed by atoms with Crippen molar-refractivity contribution in [3.63, 3.8) is 0 Å². The first-order valence-electron chi connectivity index (χ1n) is 5.36. The Morgan fingerprint density at radius 1 is 1.40 bits per heavy atom. The van der Waals surface area contributed by atoms with Crippen molar-refractivity contribution in [3.8, 4) is 0 Å². The molecule has 1 aliphatic heterocycles. The molecular formula is C12H17NO2. The highest BCUT2D eigenvalue weighted by Gasteiger charge is 2.16. The van der Waals surface area contributed by atoms with E-state index in [-0.39, 0.29) is 6.61 Å². The van der Waals surface area contributed by atoms with Gasteiger partial charge in [0.25, 0.3) is 0 Å². The average Bonchev–Trinajstić information content (AvgIpc) is 2.29. The SMILES string of the molecule is CC1CN(c2ccc(CO)cc2)CCO1. The number of rotatable bonds is 2. The molecule has 0 bridgehead atoms. The lowest BCUT2D eigenvalue weighted by Gasteiger charge is -2.33. The summed E-state index contributed by atoms with van der Waals surface area (Å²) in [6.07, 6.45) is 0.302. The maximum Gasteiger partial charge on any atom is 0.0722 e. The Hall–Kier alpha value is -1.06. The van der Waals surface area contributed by atoms with Crippen LogP contribution in [0.2, 0.25) is 0 Å². The molecule has 0 amide bonds. The molecule has 82 valence electrons. The third-order valence-corrected chi connectivity index (χ3v) is 2.73. The summed E-state index contributed by atoms with van der Waals surface area (Å²) < 4.78 is 5.49. The fraction of sp³-hybridized carbons (Fsp3) is 0.500. The van der Waals surface area contributed by atoms with Crippen molar-refractivity contribution in [2.45, 2.75) is 19.6 Å². The Kier molecular flexibility index (Phi) is 3.23. The van der Waals surface area contributed by atoms with Gasteiger partial charge in [0, 0.05) is 18.8 Å². The molecule has 15 heavy (non-hydrogen) atoms. The van der Waals surface area contributed by atoms with Gasteiger partial charge in [-0.05, 0) is 24.6 Å². The van der Waals surface area contributed by atoms with E-state index in [1.807, 2.05) is 12.1 Å². The predicted molar refractivity (Wildman–Crippen MR) is 60.0 cm³/mol. The first-order chi connectivity index (χ1) is 7.29. The molecule has 3 heteroatoms. The molecule has 2 rings (SSSR count). The highest BCUT2D eigenvalue weighted by Crippen LogP contribution is 2.18. The van der Waals surface area contributed by atoms with Crippen LogP contribution in [0.3, 0.4) is 0 Å². The normalized spacial score (nSPS) is 21.7. The zero-order chi connectivity index (χ0) is 10.7. The van der Waals surface area contributed by atoms with Gasteiger partial charge in [-0.2, -0.15) is 0 Å². The third-order valence-electron chi connectivity index (χ3n) is 2.73. The summed E-state index contributed by atoms with van der Waals surface area (Å²) >= 11 is 0. The van der Waals surface area contributed by atoms with Crippen LogP contribution in [0.4, 0.5) is 5.69 Å². The van der Waals surface area contributed by atoms with Gasteiger partial charge in [-0.3, -0.25) is 0 Å². The zero-order valence-electron chi connectivity index (χ0n) is 9.02. The monoisotopic (exact) mass is 207 g/mol. The number of hydrogen-bond donors (Lipinski definition) is 1. The van der Waals surface area contributed by atoms with Crippen LogP contribution in [-0.2, 0) is 11.3 Å². The van der Waals surface area contributed by atoms with Gasteiger partial charge in [0.15, 0.2) is 0 Å². The summed E-state index contributed by atoms with van der Waals surface area (Å²) in [7, 11) is 0.